The van der Waals surface area contributed by atoms with Crippen molar-refractivity contribution in [1.82, 2.24) is 9.59 Å². The highest BCUT2D eigenvalue weighted by molar-refractivity contribution is 7.08. The Morgan fingerprint density at radius 3 is 2.38 bits per heavy atom. The van der Waals surface area contributed by atoms with Crippen LogP contribution in [-0.2, 0) is 0 Å². The number of carbonyl (C=O) groups is 1. The second-order valence-electron chi connectivity index (χ2n) is 5.69. The summed E-state index contributed by atoms with van der Waals surface area (Å²) in [7, 11) is 0. The number of nitrogens with one attached hydrogen (secondary N) is 1. The Bertz CT molecular complexity index is 841. The zero-order chi connectivity index (χ0) is 17.1. The molecule has 24 heavy (non-hydrogen) atoms. The van der Waals surface area contributed by atoms with Gasteiger partial charge in [-0.2, -0.15) is 0 Å². The molecule has 0 saturated carbocycles. The van der Waals surface area contributed by atoms with Crippen LogP contribution < -0.4 is 5.32 Å². The number of anilines is 1. The molecule has 1 heterocycles. The lowest BCUT2D eigenvalue weighted by Gasteiger charge is -2.08. The summed E-state index contributed by atoms with van der Waals surface area (Å²) < 4.78 is 3.92. The maximum Gasteiger partial charge on any atom is 0.269 e. The SMILES string of the molecule is CC(C)c1ccc(NC(=O)c2snnc2-c2ccc(Cl)cc2)cc1. The number of rotatable bonds is 4. The Labute approximate surface area is 149 Å². The van der Waals surface area contributed by atoms with Crippen LogP contribution in [0.1, 0.15) is 35.0 Å². The topological polar surface area (TPSA) is 54.9 Å². The van der Waals surface area contributed by atoms with Crippen LogP contribution in [0.4, 0.5) is 5.69 Å². The van der Waals surface area contributed by atoms with E-state index in [1.54, 1.807) is 12.1 Å². The highest BCUT2D eigenvalue weighted by Gasteiger charge is 2.18. The van der Waals surface area contributed by atoms with Gasteiger partial charge in [0.2, 0.25) is 0 Å². The van der Waals surface area contributed by atoms with Crippen LogP contribution in [0.5, 0.6) is 0 Å². The van der Waals surface area contributed by atoms with Crippen molar-refractivity contribution >= 4 is 34.7 Å². The molecule has 4 nitrogen and oxygen atoms in total. The van der Waals surface area contributed by atoms with Crippen molar-refractivity contribution in [2.24, 2.45) is 0 Å². The molecule has 6 heteroatoms. The van der Waals surface area contributed by atoms with Gasteiger partial charge >= 0.3 is 0 Å². The molecule has 0 aliphatic carbocycles. The number of amides is 1. The van der Waals surface area contributed by atoms with Crippen LogP contribution in [0, 0.1) is 0 Å². The first-order chi connectivity index (χ1) is 11.5. The number of benzene rings is 2. The second kappa shape index (κ2) is 7.11. The predicted molar refractivity (Wildman–Crippen MR) is 98.8 cm³/mol. The Morgan fingerprint density at radius 2 is 1.75 bits per heavy atom. The molecular weight excluding hydrogens is 342 g/mol. The van der Waals surface area contributed by atoms with Gasteiger partial charge in [-0.15, -0.1) is 5.10 Å². The minimum atomic E-state index is -0.216. The molecule has 0 radical (unpaired) electrons. The van der Waals surface area contributed by atoms with Crippen molar-refractivity contribution in [3.63, 3.8) is 0 Å². The molecule has 0 bridgehead atoms. The molecule has 3 aromatic rings. The molecule has 0 atom stereocenters. The molecule has 2 aromatic carbocycles. The van der Waals surface area contributed by atoms with E-state index >= 15 is 0 Å². The number of hydrogen-bond acceptors (Lipinski definition) is 4. The van der Waals surface area contributed by atoms with Crippen molar-refractivity contribution in [2.75, 3.05) is 5.32 Å². The molecule has 1 amide bonds. The monoisotopic (exact) mass is 357 g/mol. The van der Waals surface area contributed by atoms with Gasteiger partial charge in [0.05, 0.1) is 0 Å². The van der Waals surface area contributed by atoms with E-state index in [0.717, 1.165) is 22.8 Å². The normalized spacial score (nSPS) is 10.8. The zero-order valence-corrected chi connectivity index (χ0v) is 14.9. The fraction of sp³-hybridized carbons (Fsp3) is 0.167. The average molecular weight is 358 g/mol. The van der Waals surface area contributed by atoms with Crippen molar-refractivity contribution in [3.8, 4) is 11.3 Å². The molecule has 0 saturated heterocycles. The molecule has 1 aromatic heterocycles. The van der Waals surface area contributed by atoms with Crippen LogP contribution >= 0.6 is 23.1 Å². The molecule has 122 valence electrons. The zero-order valence-electron chi connectivity index (χ0n) is 13.3. The summed E-state index contributed by atoms with van der Waals surface area (Å²) in [5, 5.41) is 7.62. The average Bonchev–Trinajstić information content (AvgIpc) is 3.06. The standard InChI is InChI=1S/C18H16ClN3OS/c1-11(2)12-5-9-15(10-6-12)20-18(23)17-16(21-22-24-17)13-3-7-14(19)8-4-13/h3-11H,1-2H3,(H,20,23). The third kappa shape index (κ3) is 3.63. The van der Waals surface area contributed by atoms with Gasteiger partial charge in [0.15, 0.2) is 0 Å². The number of carbonyl (C=O) groups excluding carboxylic acids is 1. The van der Waals surface area contributed by atoms with E-state index in [1.165, 1.54) is 5.56 Å². The summed E-state index contributed by atoms with van der Waals surface area (Å²) in [5.41, 5.74) is 3.36. The number of hydrogen-bond donors (Lipinski definition) is 1. The van der Waals surface area contributed by atoms with Crippen LogP contribution in [0.15, 0.2) is 48.5 Å². The molecule has 0 spiro atoms. The van der Waals surface area contributed by atoms with Gasteiger partial charge < -0.3 is 5.32 Å². The highest BCUT2D eigenvalue weighted by Crippen LogP contribution is 2.26. The van der Waals surface area contributed by atoms with Gasteiger partial charge in [0, 0.05) is 16.3 Å². The van der Waals surface area contributed by atoms with Gasteiger partial charge in [-0.3, -0.25) is 4.79 Å². The summed E-state index contributed by atoms with van der Waals surface area (Å²) in [6, 6.07) is 15.0. The molecule has 3 rings (SSSR count). The minimum Gasteiger partial charge on any atom is -0.321 e. The molecule has 0 aliphatic heterocycles. The first-order valence-corrected chi connectivity index (χ1v) is 8.69. The molecule has 0 unspecified atom stereocenters. The Kier molecular flexibility index (Phi) is 4.92. The quantitative estimate of drug-likeness (QED) is 0.695. The summed E-state index contributed by atoms with van der Waals surface area (Å²) in [5.74, 6) is 0.240. The van der Waals surface area contributed by atoms with Crippen LogP contribution in [-0.4, -0.2) is 15.5 Å². The first-order valence-electron chi connectivity index (χ1n) is 7.54. The van der Waals surface area contributed by atoms with Gasteiger partial charge in [0.1, 0.15) is 10.6 Å². The minimum absolute atomic E-state index is 0.216. The van der Waals surface area contributed by atoms with Crippen LogP contribution in [0.2, 0.25) is 5.02 Å². The van der Waals surface area contributed by atoms with Crippen molar-refractivity contribution in [2.45, 2.75) is 19.8 Å². The maximum atomic E-state index is 12.5. The Balaban J connectivity index is 1.81. The lowest BCUT2D eigenvalue weighted by Crippen LogP contribution is -2.11. The lowest BCUT2D eigenvalue weighted by atomic mass is 10.0. The maximum absolute atomic E-state index is 12.5. The molecular formula is C18H16ClN3OS. The molecule has 0 fully saturated rings. The van der Waals surface area contributed by atoms with E-state index in [9.17, 15) is 4.79 Å². The van der Waals surface area contributed by atoms with Gasteiger partial charge in [0.25, 0.3) is 5.91 Å². The number of halogens is 1. The fourth-order valence-electron chi connectivity index (χ4n) is 2.28. The summed E-state index contributed by atoms with van der Waals surface area (Å²) in [6.07, 6.45) is 0. The van der Waals surface area contributed by atoms with Crippen LogP contribution in [0.25, 0.3) is 11.3 Å². The second-order valence-corrected chi connectivity index (χ2v) is 6.88. The van der Waals surface area contributed by atoms with Crippen molar-refractivity contribution in [3.05, 3.63) is 64.0 Å². The van der Waals surface area contributed by atoms with E-state index in [4.69, 9.17) is 11.6 Å². The highest BCUT2D eigenvalue weighted by atomic mass is 35.5. The number of aromatic nitrogens is 2. The molecule has 1 N–H and O–H groups in total. The first kappa shape index (κ1) is 16.6. The predicted octanol–water partition coefficient (Wildman–Crippen LogP) is 5.23. The van der Waals surface area contributed by atoms with Crippen LogP contribution in [0.3, 0.4) is 0 Å². The van der Waals surface area contributed by atoms with Gasteiger partial charge in [-0.05, 0) is 47.3 Å². The third-order valence-corrected chi connectivity index (χ3v) is 4.62. The van der Waals surface area contributed by atoms with E-state index in [0.29, 0.717) is 21.5 Å². The summed E-state index contributed by atoms with van der Waals surface area (Å²) >= 11 is 6.98. The van der Waals surface area contributed by atoms with E-state index in [2.05, 4.69) is 28.8 Å². The Morgan fingerprint density at radius 1 is 1.08 bits per heavy atom. The summed E-state index contributed by atoms with van der Waals surface area (Å²) in [4.78, 5) is 13.0. The largest absolute Gasteiger partial charge is 0.321 e. The summed E-state index contributed by atoms with van der Waals surface area (Å²) in [6.45, 7) is 4.27. The lowest BCUT2D eigenvalue weighted by molar-refractivity contribution is 0.103. The third-order valence-electron chi connectivity index (χ3n) is 3.65. The van der Waals surface area contributed by atoms with E-state index in [-0.39, 0.29) is 5.91 Å². The van der Waals surface area contributed by atoms with Gasteiger partial charge in [-0.1, -0.05) is 54.2 Å². The smallest absolute Gasteiger partial charge is 0.269 e. The number of nitrogens with zero attached hydrogens (tertiary/aromatic N) is 2. The molecule has 0 aliphatic rings. The fourth-order valence-corrected chi connectivity index (χ4v) is 2.98. The van der Waals surface area contributed by atoms with Crippen molar-refractivity contribution in [1.29, 1.82) is 0 Å². The van der Waals surface area contributed by atoms with Crippen molar-refractivity contribution < 1.29 is 4.79 Å². The van der Waals surface area contributed by atoms with E-state index in [1.807, 2.05) is 36.4 Å². The van der Waals surface area contributed by atoms with Gasteiger partial charge in [-0.25, -0.2) is 0 Å². The van der Waals surface area contributed by atoms with E-state index < -0.39 is 0 Å². The Hall–Kier alpha value is -2.24.